The molecule has 4 rings (SSSR count). The summed E-state index contributed by atoms with van der Waals surface area (Å²) in [4.78, 5) is 32.6. The number of rotatable bonds is 12. The summed E-state index contributed by atoms with van der Waals surface area (Å²) in [6.07, 6.45) is 3.72. The third-order valence-electron chi connectivity index (χ3n) is 7.53. The lowest BCUT2D eigenvalue weighted by Gasteiger charge is -2.23. The predicted molar refractivity (Wildman–Crippen MR) is 166 cm³/mol. The minimum atomic E-state index is -0.376. The van der Waals surface area contributed by atoms with Gasteiger partial charge in [-0.1, -0.05) is 38.1 Å². The van der Waals surface area contributed by atoms with Gasteiger partial charge in [0.1, 0.15) is 10.8 Å². The maximum Gasteiger partial charge on any atom is 0.274 e. The van der Waals surface area contributed by atoms with E-state index in [4.69, 9.17) is 0 Å². The van der Waals surface area contributed by atoms with Crippen LogP contribution >= 0.6 is 11.3 Å². The van der Waals surface area contributed by atoms with E-state index in [1.807, 2.05) is 18.2 Å². The van der Waals surface area contributed by atoms with Crippen LogP contribution in [0.2, 0.25) is 0 Å². The Morgan fingerprint density at radius 2 is 1.71 bits per heavy atom. The first-order valence-corrected chi connectivity index (χ1v) is 15.2. The normalized spacial score (nSPS) is 13.4. The molecule has 2 N–H and O–H groups in total. The second-order valence-electron chi connectivity index (χ2n) is 10.5. The van der Waals surface area contributed by atoms with Crippen LogP contribution in [0.3, 0.4) is 0 Å². The third-order valence-corrected chi connectivity index (χ3v) is 8.73. The number of aryl methyl sites for hydroxylation is 1. The average molecular weight is 578 g/mol. The van der Waals surface area contributed by atoms with Gasteiger partial charge in [-0.15, -0.1) is 11.3 Å². The number of carbonyl (C=O) groups is 2. The zero-order valence-electron chi connectivity index (χ0n) is 24.4. The van der Waals surface area contributed by atoms with Crippen molar-refractivity contribution in [2.45, 2.75) is 53.0 Å². The summed E-state index contributed by atoms with van der Waals surface area (Å²) in [6.45, 7) is 10.8. The van der Waals surface area contributed by atoms with Crippen LogP contribution in [-0.4, -0.2) is 60.6 Å². The Morgan fingerprint density at radius 3 is 2.46 bits per heavy atom. The molecule has 1 heterocycles. The minimum Gasteiger partial charge on any atom is -0.313 e. The highest BCUT2D eigenvalue weighted by Crippen LogP contribution is 2.38. The Hall–Kier alpha value is -3.40. The number of hydrogen-bond acceptors (Lipinski definition) is 6. The summed E-state index contributed by atoms with van der Waals surface area (Å²) in [5.74, 6) is -0.987. The number of hydrogen-bond donors (Lipinski definition) is 2. The number of thiophene rings is 1. The second kappa shape index (κ2) is 14.5. The van der Waals surface area contributed by atoms with Crippen molar-refractivity contribution < 1.29 is 14.0 Å². The molecule has 9 heteroatoms. The molecule has 3 aromatic rings. The largest absolute Gasteiger partial charge is 0.313 e. The van der Waals surface area contributed by atoms with Gasteiger partial charge < -0.3 is 15.1 Å². The summed E-state index contributed by atoms with van der Waals surface area (Å²) in [6, 6.07) is 13.7. The fourth-order valence-electron chi connectivity index (χ4n) is 5.09. The van der Waals surface area contributed by atoms with Gasteiger partial charge in [0.05, 0.1) is 11.3 Å². The van der Waals surface area contributed by atoms with Crippen LogP contribution in [0.5, 0.6) is 0 Å². The van der Waals surface area contributed by atoms with Crippen LogP contribution in [0.15, 0.2) is 53.6 Å². The number of halogens is 1. The molecule has 1 aliphatic rings. The molecule has 0 fully saturated rings. The van der Waals surface area contributed by atoms with Gasteiger partial charge in [-0.05, 0) is 88.1 Å². The van der Waals surface area contributed by atoms with Crippen LogP contribution in [0.25, 0.3) is 0 Å². The lowest BCUT2D eigenvalue weighted by molar-refractivity contribution is 0.0955. The monoisotopic (exact) mass is 577 g/mol. The van der Waals surface area contributed by atoms with E-state index in [0.717, 1.165) is 74.4 Å². The molecule has 1 aromatic heterocycles. The Kier molecular flexibility index (Phi) is 10.8. The molecule has 0 unspecified atom stereocenters. The molecular weight excluding hydrogens is 537 g/mol. The van der Waals surface area contributed by atoms with Crippen molar-refractivity contribution in [2.75, 3.05) is 38.5 Å². The van der Waals surface area contributed by atoms with E-state index in [1.54, 1.807) is 25.1 Å². The lowest BCUT2D eigenvalue weighted by Crippen LogP contribution is -2.32. The Balaban J connectivity index is 1.49. The summed E-state index contributed by atoms with van der Waals surface area (Å²) in [5, 5.41) is 7.80. The van der Waals surface area contributed by atoms with Crippen molar-refractivity contribution in [1.29, 1.82) is 0 Å². The molecular formula is C32H40FN5O2S. The number of fused-ring (bicyclic) bond motifs is 1. The lowest BCUT2D eigenvalue weighted by atomic mass is 9.95. The highest BCUT2D eigenvalue weighted by Gasteiger charge is 2.26. The number of anilines is 1. The van der Waals surface area contributed by atoms with Crippen molar-refractivity contribution in [3.63, 3.8) is 0 Å². The SMILES string of the molecule is CCN(CC)CCN(C)Cc1cccc(C(=O)Nc2sc3c(c2C(=O)N/N=C(/C)c2cccc(F)c2)CCCC3)c1. The van der Waals surface area contributed by atoms with Gasteiger partial charge in [-0.25, -0.2) is 9.82 Å². The average Bonchev–Trinajstić information content (AvgIpc) is 3.34. The Bertz CT molecular complexity index is 1400. The van der Waals surface area contributed by atoms with E-state index in [9.17, 15) is 14.0 Å². The van der Waals surface area contributed by atoms with Gasteiger partial charge in [0.25, 0.3) is 11.8 Å². The number of nitrogens with one attached hydrogen (secondary N) is 2. The van der Waals surface area contributed by atoms with Gasteiger partial charge in [0, 0.05) is 35.6 Å². The van der Waals surface area contributed by atoms with Crippen LogP contribution in [-0.2, 0) is 19.4 Å². The molecule has 1 aliphatic carbocycles. The number of likely N-dealkylation sites (N-methyl/N-ethyl adjacent to an activating group) is 2. The Labute approximate surface area is 246 Å². The van der Waals surface area contributed by atoms with E-state index in [2.05, 4.69) is 46.5 Å². The van der Waals surface area contributed by atoms with Crippen LogP contribution in [0.1, 0.15) is 75.9 Å². The summed E-state index contributed by atoms with van der Waals surface area (Å²) < 4.78 is 13.6. The maximum absolute atomic E-state index is 13.6. The molecule has 0 aliphatic heterocycles. The number of amides is 2. The van der Waals surface area contributed by atoms with Gasteiger partial charge >= 0.3 is 0 Å². The zero-order valence-corrected chi connectivity index (χ0v) is 25.2. The van der Waals surface area contributed by atoms with Crippen molar-refractivity contribution in [2.24, 2.45) is 5.10 Å². The second-order valence-corrected chi connectivity index (χ2v) is 11.6. The number of hydrazone groups is 1. The van der Waals surface area contributed by atoms with Crippen LogP contribution < -0.4 is 10.7 Å². The van der Waals surface area contributed by atoms with E-state index in [0.29, 0.717) is 27.4 Å². The number of benzene rings is 2. The van der Waals surface area contributed by atoms with Crippen LogP contribution in [0.4, 0.5) is 9.39 Å². The molecule has 0 saturated carbocycles. The fourth-order valence-corrected chi connectivity index (χ4v) is 6.37. The maximum atomic E-state index is 13.6. The van der Waals surface area contributed by atoms with Gasteiger partial charge in [0.2, 0.25) is 0 Å². The summed E-state index contributed by atoms with van der Waals surface area (Å²) in [7, 11) is 2.09. The standard InChI is InChI=1S/C32H40FN5O2S/c1-5-38(6-2)18-17-37(4)21-23-11-9-13-25(19-23)30(39)34-32-29(27-15-7-8-16-28(27)41-32)31(40)36-35-22(3)24-12-10-14-26(33)20-24/h9-14,19-20H,5-8,15-18,21H2,1-4H3,(H,34,39)(H,36,40)/b35-22-. The van der Waals surface area contributed by atoms with Gasteiger partial charge in [0.15, 0.2) is 0 Å². The molecule has 0 radical (unpaired) electrons. The summed E-state index contributed by atoms with van der Waals surface area (Å²) >= 11 is 1.47. The van der Waals surface area contributed by atoms with E-state index >= 15 is 0 Å². The zero-order chi connectivity index (χ0) is 29.4. The first-order chi connectivity index (χ1) is 19.8. The number of nitrogens with zero attached hydrogens (tertiary/aromatic N) is 3. The van der Waals surface area contributed by atoms with E-state index in [-0.39, 0.29) is 17.6 Å². The quantitative estimate of drug-likeness (QED) is 0.206. The smallest absolute Gasteiger partial charge is 0.274 e. The highest BCUT2D eigenvalue weighted by molar-refractivity contribution is 7.17. The van der Waals surface area contributed by atoms with Gasteiger partial charge in [-0.2, -0.15) is 5.10 Å². The van der Waals surface area contributed by atoms with E-state index < -0.39 is 0 Å². The van der Waals surface area contributed by atoms with Crippen molar-refractivity contribution in [1.82, 2.24) is 15.2 Å². The number of carbonyl (C=O) groups excluding carboxylic acids is 2. The van der Waals surface area contributed by atoms with Crippen LogP contribution in [0, 0.1) is 5.82 Å². The first-order valence-electron chi connectivity index (χ1n) is 14.3. The Morgan fingerprint density at radius 1 is 0.976 bits per heavy atom. The van der Waals surface area contributed by atoms with Crippen molar-refractivity contribution >= 4 is 33.9 Å². The van der Waals surface area contributed by atoms with Gasteiger partial charge in [-0.3, -0.25) is 9.59 Å². The topological polar surface area (TPSA) is 77.0 Å². The molecule has 41 heavy (non-hydrogen) atoms. The molecule has 218 valence electrons. The fraction of sp³-hybridized carbons (Fsp3) is 0.406. The third kappa shape index (κ3) is 8.09. The molecule has 0 saturated heterocycles. The van der Waals surface area contributed by atoms with Crippen molar-refractivity contribution in [3.8, 4) is 0 Å². The minimum absolute atomic E-state index is 0.246. The highest BCUT2D eigenvalue weighted by atomic mass is 32.1. The van der Waals surface area contributed by atoms with E-state index in [1.165, 1.54) is 23.5 Å². The molecule has 0 spiro atoms. The molecule has 2 aromatic carbocycles. The molecule has 2 amide bonds. The molecule has 0 bridgehead atoms. The van der Waals surface area contributed by atoms with Crippen molar-refractivity contribution in [3.05, 3.63) is 87.0 Å². The first kappa shape index (κ1) is 30.6. The molecule has 7 nitrogen and oxygen atoms in total. The molecule has 0 atom stereocenters. The predicted octanol–water partition coefficient (Wildman–Crippen LogP) is 5.95. The summed E-state index contributed by atoms with van der Waals surface area (Å²) in [5.41, 5.74) is 6.79.